The molecule has 2 aromatic rings. The van der Waals surface area contributed by atoms with Crippen molar-refractivity contribution in [3.05, 3.63) is 18.4 Å². The number of nitrogens with zero attached hydrogens (tertiary/aromatic N) is 5. The number of hydrogen-bond acceptors (Lipinski definition) is 6. The molecule has 1 aliphatic carbocycles. The van der Waals surface area contributed by atoms with Crippen LogP contribution in [0.1, 0.15) is 19.8 Å². The molecule has 27 heavy (non-hydrogen) atoms. The molecule has 0 spiro atoms. The molecule has 1 aliphatic heterocycles. The standard InChI is InChI=1S/C18H23N5O3S/c1-2-23-16(14-4-3-11-26-14)19-20-18(23)27-12-15(24)21-7-9-22(10-8-21)17(25)13-5-6-13/h3-4,11,13H,2,5-10,12H2,1H3. The monoisotopic (exact) mass is 389 g/mol. The third-order valence-corrected chi connectivity index (χ3v) is 5.92. The van der Waals surface area contributed by atoms with E-state index < -0.39 is 0 Å². The number of aromatic nitrogens is 3. The third kappa shape index (κ3) is 3.87. The molecule has 3 heterocycles. The largest absolute Gasteiger partial charge is 0.461 e. The van der Waals surface area contributed by atoms with Gasteiger partial charge in [-0.2, -0.15) is 0 Å². The van der Waals surface area contributed by atoms with Gasteiger partial charge in [-0.3, -0.25) is 14.2 Å². The van der Waals surface area contributed by atoms with Crippen molar-refractivity contribution in [1.29, 1.82) is 0 Å². The van der Waals surface area contributed by atoms with Gasteiger partial charge in [0.2, 0.25) is 11.8 Å². The van der Waals surface area contributed by atoms with E-state index in [1.807, 2.05) is 33.4 Å². The number of carbonyl (C=O) groups is 2. The van der Waals surface area contributed by atoms with Gasteiger partial charge in [-0.15, -0.1) is 10.2 Å². The number of amides is 2. The molecule has 0 N–H and O–H groups in total. The van der Waals surface area contributed by atoms with Crippen LogP contribution < -0.4 is 0 Å². The van der Waals surface area contributed by atoms with E-state index in [1.54, 1.807) is 6.26 Å². The van der Waals surface area contributed by atoms with Crippen molar-refractivity contribution >= 4 is 23.6 Å². The van der Waals surface area contributed by atoms with Crippen molar-refractivity contribution < 1.29 is 14.0 Å². The van der Waals surface area contributed by atoms with Crippen LogP contribution in [0.2, 0.25) is 0 Å². The second-order valence-corrected chi connectivity index (χ2v) is 7.74. The maximum atomic E-state index is 12.6. The molecular formula is C18H23N5O3S. The summed E-state index contributed by atoms with van der Waals surface area (Å²) >= 11 is 1.39. The van der Waals surface area contributed by atoms with Gasteiger partial charge in [-0.1, -0.05) is 11.8 Å². The maximum Gasteiger partial charge on any atom is 0.233 e. The number of rotatable bonds is 6. The van der Waals surface area contributed by atoms with Crippen molar-refractivity contribution in [1.82, 2.24) is 24.6 Å². The Bertz CT molecular complexity index is 807. The van der Waals surface area contributed by atoms with Crippen LogP contribution in [-0.2, 0) is 16.1 Å². The normalized spacial score (nSPS) is 17.4. The number of furan rings is 1. The maximum absolute atomic E-state index is 12.6. The first-order chi connectivity index (χ1) is 13.2. The molecule has 144 valence electrons. The van der Waals surface area contributed by atoms with Crippen molar-refractivity contribution in [3.63, 3.8) is 0 Å². The zero-order valence-electron chi connectivity index (χ0n) is 15.3. The van der Waals surface area contributed by atoms with Gasteiger partial charge in [-0.05, 0) is 31.9 Å². The van der Waals surface area contributed by atoms with Crippen molar-refractivity contribution in [3.8, 4) is 11.6 Å². The van der Waals surface area contributed by atoms with E-state index in [1.165, 1.54) is 11.8 Å². The summed E-state index contributed by atoms with van der Waals surface area (Å²) in [6, 6.07) is 3.66. The molecule has 0 bridgehead atoms. The van der Waals surface area contributed by atoms with Crippen LogP contribution in [0.15, 0.2) is 28.0 Å². The molecule has 2 aromatic heterocycles. The second-order valence-electron chi connectivity index (χ2n) is 6.80. The molecule has 2 fully saturated rings. The highest BCUT2D eigenvalue weighted by molar-refractivity contribution is 7.99. The third-order valence-electron chi connectivity index (χ3n) is 4.97. The van der Waals surface area contributed by atoms with Crippen LogP contribution in [0.5, 0.6) is 0 Å². The highest BCUT2D eigenvalue weighted by Crippen LogP contribution is 2.31. The highest BCUT2D eigenvalue weighted by atomic mass is 32.2. The van der Waals surface area contributed by atoms with Gasteiger partial charge in [0.05, 0.1) is 12.0 Å². The van der Waals surface area contributed by atoms with Crippen LogP contribution in [0.4, 0.5) is 0 Å². The molecule has 0 atom stereocenters. The Morgan fingerprint density at radius 1 is 1.19 bits per heavy atom. The number of thioether (sulfide) groups is 1. The lowest BCUT2D eigenvalue weighted by Crippen LogP contribution is -2.51. The molecule has 1 saturated heterocycles. The topological polar surface area (TPSA) is 84.5 Å². The Kier molecular flexibility index (Phi) is 5.20. The lowest BCUT2D eigenvalue weighted by Gasteiger charge is -2.34. The molecule has 0 radical (unpaired) electrons. The molecule has 2 amide bonds. The summed E-state index contributed by atoms with van der Waals surface area (Å²) < 4.78 is 7.35. The summed E-state index contributed by atoms with van der Waals surface area (Å²) in [4.78, 5) is 28.4. The first kappa shape index (κ1) is 18.1. The average molecular weight is 389 g/mol. The Morgan fingerprint density at radius 2 is 1.93 bits per heavy atom. The lowest BCUT2D eigenvalue weighted by molar-refractivity contribution is -0.139. The fraction of sp³-hybridized carbons (Fsp3) is 0.556. The quantitative estimate of drug-likeness (QED) is 0.700. The van der Waals surface area contributed by atoms with Crippen LogP contribution in [0.25, 0.3) is 11.6 Å². The minimum Gasteiger partial charge on any atom is -0.461 e. The van der Waals surface area contributed by atoms with Crippen LogP contribution in [0, 0.1) is 5.92 Å². The molecule has 4 rings (SSSR count). The number of hydrogen-bond donors (Lipinski definition) is 0. The average Bonchev–Trinajstić information content (AvgIpc) is 3.25. The lowest BCUT2D eigenvalue weighted by atomic mass is 10.2. The summed E-state index contributed by atoms with van der Waals surface area (Å²) in [5.41, 5.74) is 0. The zero-order valence-corrected chi connectivity index (χ0v) is 16.2. The van der Waals surface area contributed by atoms with Crippen LogP contribution in [-0.4, -0.2) is 68.3 Å². The van der Waals surface area contributed by atoms with E-state index in [0.717, 1.165) is 12.8 Å². The van der Waals surface area contributed by atoms with Gasteiger partial charge in [0, 0.05) is 38.6 Å². The zero-order chi connectivity index (χ0) is 18.8. The minimum atomic E-state index is 0.0729. The molecule has 0 unspecified atom stereocenters. The van der Waals surface area contributed by atoms with Crippen molar-refractivity contribution in [2.75, 3.05) is 31.9 Å². The second kappa shape index (κ2) is 7.75. The predicted octanol–water partition coefficient (Wildman–Crippen LogP) is 1.73. The summed E-state index contributed by atoms with van der Waals surface area (Å²) in [7, 11) is 0. The van der Waals surface area contributed by atoms with Crippen LogP contribution >= 0.6 is 11.8 Å². The first-order valence-electron chi connectivity index (χ1n) is 9.33. The predicted molar refractivity (Wildman–Crippen MR) is 100 cm³/mol. The van der Waals surface area contributed by atoms with E-state index >= 15 is 0 Å². The Labute approximate surface area is 161 Å². The van der Waals surface area contributed by atoms with Gasteiger partial charge >= 0.3 is 0 Å². The van der Waals surface area contributed by atoms with Gasteiger partial charge in [-0.25, -0.2) is 0 Å². The van der Waals surface area contributed by atoms with Crippen molar-refractivity contribution in [2.24, 2.45) is 5.92 Å². The van der Waals surface area contributed by atoms with E-state index in [2.05, 4.69) is 10.2 Å². The van der Waals surface area contributed by atoms with E-state index in [4.69, 9.17) is 4.42 Å². The molecular weight excluding hydrogens is 366 g/mol. The number of piperazine rings is 1. The first-order valence-corrected chi connectivity index (χ1v) is 10.3. The fourth-order valence-corrected chi connectivity index (χ4v) is 4.16. The summed E-state index contributed by atoms with van der Waals surface area (Å²) in [6.07, 6.45) is 3.65. The molecule has 2 aliphatic rings. The van der Waals surface area contributed by atoms with Gasteiger partial charge < -0.3 is 14.2 Å². The minimum absolute atomic E-state index is 0.0729. The van der Waals surface area contributed by atoms with E-state index in [9.17, 15) is 9.59 Å². The summed E-state index contributed by atoms with van der Waals surface area (Å²) in [6.45, 7) is 5.20. The smallest absolute Gasteiger partial charge is 0.233 e. The van der Waals surface area contributed by atoms with E-state index in [0.29, 0.717) is 55.2 Å². The Morgan fingerprint density at radius 3 is 2.56 bits per heavy atom. The van der Waals surface area contributed by atoms with Crippen LogP contribution in [0.3, 0.4) is 0 Å². The van der Waals surface area contributed by atoms with E-state index in [-0.39, 0.29) is 17.7 Å². The molecule has 9 heteroatoms. The highest BCUT2D eigenvalue weighted by Gasteiger charge is 2.35. The SMILES string of the molecule is CCn1c(SCC(=O)N2CCN(C(=O)C3CC3)CC2)nnc1-c1ccco1. The summed E-state index contributed by atoms with van der Waals surface area (Å²) in [5.74, 6) is 2.23. The van der Waals surface area contributed by atoms with Crippen molar-refractivity contribution in [2.45, 2.75) is 31.5 Å². The Hall–Kier alpha value is -2.29. The molecule has 1 saturated carbocycles. The number of carbonyl (C=O) groups excluding carboxylic acids is 2. The van der Waals surface area contributed by atoms with Gasteiger partial charge in [0.15, 0.2) is 16.7 Å². The van der Waals surface area contributed by atoms with Gasteiger partial charge in [0.25, 0.3) is 0 Å². The molecule has 0 aromatic carbocycles. The van der Waals surface area contributed by atoms with Gasteiger partial charge in [0.1, 0.15) is 0 Å². The summed E-state index contributed by atoms with van der Waals surface area (Å²) in [5, 5.41) is 9.12. The molecule has 8 nitrogen and oxygen atoms in total. The fourth-order valence-electron chi connectivity index (χ4n) is 3.25. The Balaban J connectivity index is 1.31.